The third-order valence-corrected chi connectivity index (χ3v) is 8.26. The summed E-state index contributed by atoms with van der Waals surface area (Å²) >= 11 is 1.65. The Morgan fingerprint density at radius 1 is 1.02 bits per heavy atom. The largest absolute Gasteiger partial charge is 0.424 e. The summed E-state index contributed by atoms with van der Waals surface area (Å²) in [6.45, 7) is 9.34. The van der Waals surface area contributed by atoms with Gasteiger partial charge in [0.25, 0.3) is 5.91 Å². The van der Waals surface area contributed by atoms with Gasteiger partial charge in [0.1, 0.15) is 11.6 Å². The van der Waals surface area contributed by atoms with Crippen molar-refractivity contribution < 1.29 is 9.53 Å². The molecule has 0 saturated heterocycles. The lowest BCUT2D eigenvalue weighted by molar-refractivity contribution is -0.112. The van der Waals surface area contributed by atoms with E-state index in [1.165, 1.54) is 0 Å². The van der Waals surface area contributed by atoms with Gasteiger partial charge in [-0.1, -0.05) is 24.8 Å². The van der Waals surface area contributed by atoms with Crippen LogP contribution >= 0.6 is 11.3 Å². The molecule has 0 radical (unpaired) electrons. The fourth-order valence-electron chi connectivity index (χ4n) is 4.86. The van der Waals surface area contributed by atoms with Crippen LogP contribution in [0.4, 0.5) is 11.5 Å². The molecule has 6 aromatic rings. The number of nitrogen functional groups attached to an aromatic ring is 1. The Labute approximate surface area is 252 Å². The van der Waals surface area contributed by atoms with Gasteiger partial charge in [0.2, 0.25) is 0 Å². The number of carbonyl (C=O) groups is 1. The fraction of sp³-hybridized carbons (Fsp3) is 0.121. The van der Waals surface area contributed by atoms with Crippen LogP contribution in [-0.2, 0) is 11.8 Å². The first-order valence-corrected chi connectivity index (χ1v) is 14.4. The van der Waals surface area contributed by atoms with E-state index in [1.54, 1.807) is 35.3 Å². The van der Waals surface area contributed by atoms with E-state index in [2.05, 4.69) is 31.9 Å². The van der Waals surface area contributed by atoms with Crippen LogP contribution in [0.1, 0.15) is 18.2 Å². The van der Waals surface area contributed by atoms with Gasteiger partial charge in [-0.15, -0.1) is 11.3 Å². The summed E-state index contributed by atoms with van der Waals surface area (Å²) in [5.74, 6) is 0.844. The van der Waals surface area contributed by atoms with Gasteiger partial charge in [0.05, 0.1) is 6.20 Å². The first-order valence-electron chi connectivity index (χ1n) is 13.5. The van der Waals surface area contributed by atoms with Crippen LogP contribution in [0.5, 0.6) is 11.8 Å². The minimum atomic E-state index is -0.215. The molecule has 0 unspecified atom stereocenters. The van der Waals surface area contributed by atoms with E-state index < -0.39 is 0 Å². The zero-order valence-electron chi connectivity index (χ0n) is 24.2. The van der Waals surface area contributed by atoms with Gasteiger partial charge in [0.15, 0.2) is 0 Å². The van der Waals surface area contributed by atoms with E-state index in [1.807, 2.05) is 81.8 Å². The number of nitrogens with one attached hydrogen (secondary N) is 1. The number of hydrogen-bond acceptors (Lipinski definition) is 8. The van der Waals surface area contributed by atoms with Crippen LogP contribution in [0.15, 0.2) is 85.5 Å². The topological polar surface area (TPSA) is 121 Å². The van der Waals surface area contributed by atoms with Gasteiger partial charge >= 0.3 is 6.01 Å². The number of nitrogens with two attached hydrogens (primary N) is 1. The molecule has 4 aromatic heterocycles. The number of carbonyl (C=O) groups excluding carboxylic acids is 1. The van der Waals surface area contributed by atoms with Crippen LogP contribution in [0.25, 0.3) is 42.8 Å². The molecule has 3 N–H and O–H groups in total. The number of benzene rings is 2. The van der Waals surface area contributed by atoms with Crippen molar-refractivity contribution in [3.8, 4) is 44.5 Å². The standard InChI is InChI=1S/C33H29N7O2S/c1-18(2)32(41)39-23-8-11-25(19(3)14-23)29-27(21-6-9-24(10-7-21)42-33-35-13-12-20(4)38-33)28-30(43-29)26(16-36-31(28)34)22-15-37-40(5)17-22/h6-17H,1H2,2-5H3,(H2,34,36)(H,39,41). The molecular formula is C33H29N7O2S. The molecule has 0 spiro atoms. The predicted molar refractivity (Wildman–Crippen MR) is 172 cm³/mol. The van der Waals surface area contributed by atoms with Gasteiger partial charge < -0.3 is 15.8 Å². The lowest BCUT2D eigenvalue weighted by Gasteiger charge is -2.12. The van der Waals surface area contributed by atoms with E-state index in [0.717, 1.165) is 54.0 Å². The highest BCUT2D eigenvalue weighted by Gasteiger charge is 2.23. The molecule has 2 aromatic carbocycles. The van der Waals surface area contributed by atoms with E-state index >= 15 is 0 Å². The van der Waals surface area contributed by atoms with E-state index in [4.69, 9.17) is 10.5 Å². The summed E-state index contributed by atoms with van der Waals surface area (Å²) in [6.07, 6.45) is 7.27. The van der Waals surface area contributed by atoms with Crippen molar-refractivity contribution >= 4 is 38.8 Å². The van der Waals surface area contributed by atoms with Gasteiger partial charge in [-0.05, 0) is 67.8 Å². The van der Waals surface area contributed by atoms with Crippen molar-refractivity contribution in [2.75, 3.05) is 11.1 Å². The second-order valence-electron chi connectivity index (χ2n) is 10.3. The molecule has 1 amide bonds. The molecule has 0 atom stereocenters. The molecule has 6 rings (SSSR count). The highest BCUT2D eigenvalue weighted by molar-refractivity contribution is 7.23. The first-order chi connectivity index (χ1) is 20.7. The third-order valence-electron chi connectivity index (χ3n) is 7.00. The summed E-state index contributed by atoms with van der Waals surface area (Å²) in [5.41, 5.74) is 14.4. The SMILES string of the molecule is C=C(C)C(=O)Nc1ccc(-c2sc3c(-c4cnn(C)c4)cnc(N)c3c2-c2ccc(Oc3nccc(C)n3)cc2)c(C)c1. The normalized spacial score (nSPS) is 11.1. The Kier molecular flexibility index (Phi) is 7.21. The van der Waals surface area contributed by atoms with Crippen molar-refractivity contribution in [2.24, 2.45) is 7.05 Å². The van der Waals surface area contributed by atoms with Gasteiger partial charge in [-0.25, -0.2) is 15.0 Å². The molecule has 10 heteroatoms. The van der Waals surface area contributed by atoms with E-state index in [0.29, 0.717) is 28.8 Å². The molecule has 0 aliphatic heterocycles. The molecule has 0 fully saturated rings. The number of nitrogens with zero attached hydrogens (tertiary/aromatic N) is 5. The number of ether oxygens (including phenoxy) is 1. The van der Waals surface area contributed by atoms with Crippen molar-refractivity contribution in [3.05, 3.63) is 96.7 Å². The number of pyridine rings is 1. The van der Waals surface area contributed by atoms with Crippen LogP contribution < -0.4 is 15.8 Å². The van der Waals surface area contributed by atoms with Crippen LogP contribution in [-0.4, -0.2) is 30.6 Å². The fourth-order valence-corrected chi connectivity index (χ4v) is 6.31. The van der Waals surface area contributed by atoms with E-state index in [-0.39, 0.29) is 5.91 Å². The van der Waals surface area contributed by atoms with E-state index in [9.17, 15) is 4.79 Å². The number of thiophene rings is 1. The third kappa shape index (κ3) is 5.47. The van der Waals surface area contributed by atoms with Crippen molar-refractivity contribution in [1.82, 2.24) is 24.7 Å². The molecule has 4 heterocycles. The number of aromatic nitrogens is 5. The monoisotopic (exact) mass is 587 g/mol. The van der Waals surface area contributed by atoms with Crippen molar-refractivity contribution in [1.29, 1.82) is 0 Å². The lowest BCUT2D eigenvalue weighted by atomic mass is 9.95. The lowest BCUT2D eigenvalue weighted by Crippen LogP contribution is -2.11. The highest BCUT2D eigenvalue weighted by atomic mass is 32.1. The Morgan fingerprint density at radius 3 is 2.49 bits per heavy atom. The average molecular weight is 588 g/mol. The summed E-state index contributed by atoms with van der Waals surface area (Å²) in [7, 11) is 1.89. The summed E-state index contributed by atoms with van der Waals surface area (Å²) in [5, 5.41) is 8.15. The molecule has 0 aliphatic carbocycles. The molecule has 0 saturated carbocycles. The minimum absolute atomic E-state index is 0.215. The Bertz CT molecular complexity index is 2030. The smallest absolute Gasteiger partial charge is 0.322 e. The summed E-state index contributed by atoms with van der Waals surface area (Å²) in [6, 6.07) is 15.8. The Morgan fingerprint density at radius 2 is 1.81 bits per heavy atom. The summed E-state index contributed by atoms with van der Waals surface area (Å²) in [4.78, 5) is 26.4. The number of amides is 1. The number of anilines is 2. The van der Waals surface area contributed by atoms with Crippen LogP contribution in [0.2, 0.25) is 0 Å². The molecule has 43 heavy (non-hydrogen) atoms. The second kappa shape index (κ2) is 11.1. The molecule has 0 aliphatic rings. The molecule has 9 nitrogen and oxygen atoms in total. The Balaban J connectivity index is 1.51. The Hall–Kier alpha value is -5.35. The molecular weight excluding hydrogens is 558 g/mol. The van der Waals surface area contributed by atoms with Crippen LogP contribution in [0.3, 0.4) is 0 Å². The van der Waals surface area contributed by atoms with Gasteiger partial charge in [-0.2, -0.15) is 5.10 Å². The maximum absolute atomic E-state index is 12.3. The van der Waals surface area contributed by atoms with Gasteiger partial charge in [0, 0.05) is 74.2 Å². The average Bonchev–Trinajstić information content (AvgIpc) is 3.58. The minimum Gasteiger partial charge on any atom is -0.424 e. The van der Waals surface area contributed by atoms with Gasteiger partial charge in [-0.3, -0.25) is 9.48 Å². The van der Waals surface area contributed by atoms with Crippen LogP contribution in [0, 0.1) is 13.8 Å². The molecule has 214 valence electrons. The number of rotatable bonds is 7. The first kappa shape index (κ1) is 27.8. The zero-order valence-corrected chi connectivity index (χ0v) is 25.0. The maximum atomic E-state index is 12.3. The predicted octanol–water partition coefficient (Wildman–Crippen LogP) is 7.33. The van der Waals surface area contributed by atoms with Crippen molar-refractivity contribution in [3.63, 3.8) is 0 Å². The summed E-state index contributed by atoms with van der Waals surface area (Å²) < 4.78 is 8.69. The molecule has 0 bridgehead atoms. The quantitative estimate of drug-likeness (QED) is 0.188. The number of fused-ring (bicyclic) bond motifs is 1. The maximum Gasteiger partial charge on any atom is 0.322 e. The highest BCUT2D eigenvalue weighted by Crippen LogP contribution is 2.50. The number of hydrogen-bond donors (Lipinski definition) is 2. The van der Waals surface area contributed by atoms with Crippen molar-refractivity contribution in [2.45, 2.75) is 20.8 Å². The number of aryl methyl sites for hydroxylation is 3. The second-order valence-corrected chi connectivity index (χ2v) is 11.4. The zero-order chi connectivity index (χ0) is 30.2.